The highest BCUT2D eigenvalue weighted by Gasteiger charge is 2.32. The SMILES string of the molecule is CCOc1ccc(Cl)cc1C(=O)c1cc(C#N)cc(C(F)(F)F)c1. The van der Waals surface area contributed by atoms with E-state index in [1.807, 2.05) is 0 Å². The van der Waals surface area contributed by atoms with Crippen LogP contribution in [0.15, 0.2) is 36.4 Å². The van der Waals surface area contributed by atoms with E-state index in [9.17, 15) is 18.0 Å². The summed E-state index contributed by atoms with van der Waals surface area (Å²) in [6.07, 6.45) is -4.67. The summed E-state index contributed by atoms with van der Waals surface area (Å²) < 4.78 is 44.2. The van der Waals surface area contributed by atoms with Gasteiger partial charge in [0, 0.05) is 10.6 Å². The highest BCUT2D eigenvalue weighted by molar-refractivity contribution is 6.31. The predicted molar refractivity (Wildman–Crippen MR) is 82.2 cm³/mol. The minimum absolute atomic E-state index is 0.0348. The molecule has 0 aromatic heterocycles. The van der Waals surface area contributed by atoms with Crippen molar-refractivity contribution in [3.8, 4) is 11.8 Å². The molecule has 0 fully saturated rings. The van der Waals surface area contributed by atoms with E-state index in [-0.39, 0.29) is 34.1 Å². The van der Waals surface area contributed by atoms with Crippen LogP contribution in [-0.2, 0) is 6.18 Å². The molecule has 0 heterocycles. The quantitative estimate of drug-likeness (QED) is 0.737. The van der Waals surface area contributed by atoms with Gasteiger partial charge in [-0.3, -0.25) is 4.79 Å². The lowest BCUT2D eigenvalue weighted by molar-refractivity contribution is -0.137. The average molecular weight is 354 g/mol. The Morgan fingerprint density at radius 1 is 1.25 bits per heavy atom. The van der Waals surface area contributed by atoms with E-state index in [4.69, 9.17) is 21.6 Å². The summed E-state index contributed by atoms with van der Waals surface area (Å²) in [4.78, 5) is 12.6. The van der Waals surface area contributed by atoms with E-state index in [0.29, 0.717) is 12.1 Å². The number of halogens is 4. The van der Waals surface area contributed by atoms with Gasteiger partial charge in [-0.05, 0) is 43.3 Å². The number of nitrogens with zero attached hydrogens (tertiary/aromatic N) is 1. The molecule has 7 heteroatoms. The van der Waals surface area contributed by atoms with Gasteiger partial charge in [0.2, 0.25) is 0 Å². The molecule has 0 N–H and O–H groups in total. The van der Waals surface area contributed by atoms with Gasteiger partial charge in [-0.1, -0.05) is 11.6 Å². The molecule has 0 radical (unpaired) electrons. The number of carbonyl (C=O) groups is 1. The molecule has 0 spiro atoms. The van der Waals surface area contributed by atoms with Crippen molar-refractivity contribution in [3.05, 3.63) is 63.7 Å². The molecule has 0 aliphatic rings. The second-order valence-electron chi connectivity index (χ2n) is 4.81. The van der Waals surface area contributed by atoms with Crippen molar-refractivity contribution in [2.75, 3.05) is 6.61 Å². The fourth-order valence-corrected chi connectivity index (χ4v) is 2.28. The lowest BCUT2D eigenvalue weighted by Crippen LogP contribution is -2.10. The third-order valence-corrected chi connectivity index (χ3v) is 3.37. The Bertz CT molecular complexity index is 826. The molecule has 0 aliphatic carbocycles. The van der Waals surface area contributed by atoms with Crippen LogP contribution in [0.3, 0.4) is 0 Å². The average Bonchev–Trinajstić information content (AvgIpc) is 2.54. The molecule has 0 bridgehead atoms. The molecule has 24 heavy (non-hydrogen) atoms. The van der Waals surface area contributed by atoms with Crippen LogP contribution in [0, 0.1) is 11.3 Å². The third kappa shape index (κ3) is 3.87. The lowest BCUT2D eigenvalue weighted by atomic mass is 9.98. The standard InChI is InChI=1S/C17H11ClF3NO2/c1-2-24-15-4-3-13(18)8-14(15)16(23)11-5-10(9-22)6-12(7-11)17(19,20)21/h3-8H,2H2,1H3. The molecule has 0 aliphatic heterocycles. The van der Waals surface area contributed by atoms with Crippen molar-refractivity contribution < 1.29 is 22.7 Å². The first-order valence-electron chi connectivity index (χ1n) is 6.85. The molecule has 0 amide bonds. The summed E-state index contributed by atoms with van der Waals surface area (Å²) in [7, 11) is 0. The highest BCUT2D eigenvalue weighted by Crippen LogP contribution is 2.32. The zero-order valence-corrected chi connectivity index (χ0v) is 13.2. The van der Waals surface area contributed by atoms with Crippen LogP contribution >= 0.6 is 11.6 Å². The van der Waals surface area contributed by atoms with E-state index in [2.05, 4.69) is 0 Å². The van der Waals surface area contributed by atoms with Gasteiger partial charge in [0.1, 0.15) is 5.75 Å². The van der Waals surface area contributed by atoms with E-state index < -0.39 is 17.5 Å². The van der Waals surface area contributed by atoms with Gasteiger partial charge >= 0.3 is 6.18 Å². The molecule has 0 unspecified atom stereocenters. The first-order chi connectivity index (χ1) is 11.3. The van der Waals surface area contributed by atoms with E-state index in [0.717, 1.165) is 6.07 Å². The number of carbonyl (C=O) groups excluding carboxylic acids is 1. The van der Waals surface area contributed by atoms with Crippen molar-refractivity contribution in [1.82, 2.24) is 0 Å². The summed E-state index contributed by atoms with van der Waals surface area (Å²) in [5.74, 6) is -0.494. The topological polar surface area (TPSA) is 50.1 Å². The molecule has 2 rings (SSSR count). The van der Waals surface area contributed by atoms with E-state index in [1.165, 1.54) is 18.2 Å². The van der Waals surface area contributed by atoms with Crippen molar-refractivity contribution in [2.45, 2.75) is 13.1 Å². The summed E-state index contributed by atoms with van der Waals surface area (Å²) in [5, 5.41) is 9.16. The molecule has 3 nitrogen and oxygen atoms in total. The van der Waals surface area contributed by atoms with Crippen LogP contribution < -0.4 is 4.74 Å². The molecule has 124 valence electrons. The minimum atomic E-state index is -4.67. The molecule has 2 aromatic rings. The number of hydrogen-bond donors (Lipinski definition) is 0. The first-order valence-corrected chi connectivity index (χ1v) is 7.23. The largest absolute Gasteiger partial charge is 0.493 e. The Balaban J connectivity index is 2.58. The van der Waals surface area contributed by atoms with E-state index in [1.54, 1.807) is 13.0 Å². The van der Waals surface area contributed by atoms with Gasteiger partial charge < -0.3 is 4.74 Å². The molecule has 0 atom stereocenters. The van der Waals surface area contributed by atoms with Crippen LogP contribution in [-0.4, -0.2) is 12.4 Å². The number of hydrogen-bond acceptors (Lipinski definition) is 3. The number of rotatable bonds is 4. The zero-order chi connectivity index (χ0) is 17.9. The smallest absolute Gasteiger partial charge is 0.416 e. The Morgan fingerprint density at radius 3 is 2.54 bits per heavy atom. The Kier molecular flexibility index (Phi) is 5.15. The summed E-state index contributed by atoms with van der Waals surface area (Å²) in [6.45, 7) is 1.98. The van der Waals surface area contributed by atoms with Gasteiger partial charge in [0.05, 0.1) is 29.4 Å². The zero-order valence-electron chi connectivity index (χ0n) is 12.4. The van der Waals surface area contributed by atoms with Crippen LogP contribution in [0.2, 0.25) is 5.02 Å². The summed E-state index contributed by atoms with van der Waals surface area (Å²) in [6, 6.07) is 8.43. The van der Waals surface area contributed by atoms with Crippen molar-refractivity contribution in [3.63, 3.8) is 0 Å². The van der Waals surface area contributed by atoms with Crippen molar-refractivity contribution >= 4 is 17.4 Å². The summed E-state index contributed by atoms with van der Waals surface area (Å²) >= 11 is 5.87. The maximum Gasteiger partial charge on any atom is 0.416 e. The fraction of sp³-hybridized carbons (Fsp3) is 0.176. The van der Waals surface area contributed by atoms with Gasteiger partial charge in [-0.2, -0.15) is 18.4 Å². The van der Waals surface area contributed by atoms with E-state index >= 15 is 0 Å². The van der Waals surface area contributed by atoms with Crippen molar-refractivity contribution in [2.24, 2.45) is 0 Å². The lowest BCUT2D eigenvalue weighted by Gasteiger charge is -2.12. The van der Waals surface area contributed by atoms with Crippen LogP contribution in [0.1, 0.15) is 34.0 Å². The number of nitriles is 1. The minimum Gasteiger partial charge on any atom is -0.493 e. The maximum absolute atomic E-state index is 12.9. The first kappa shape index (κ1) is 17.8. The molecule has 2 aromatic carbocycles. The maximum atomic E-state index is 12.9. The molecule has 0 saturated heterocycles. The second-order valence-corrected chi connectivity index (χ2v) is 5.25. The normalized spacial score (nSPS) is 11.0. The fourth-order valence-electron chi connectivity index (χ4n) is 2.10. The summed E-state index contributed by atoms with van der Waals surface area (Å²) in [5.41, 5.74) is -1.55. The van der Waals surface area contributed by atoms with Crippen LogP contribution in [0.5, 0.6) is 5.75 Å². The Hall–Kier alpha value is -2.52. The van der Waals surface area contributed by atoms with Crippen molar-refractivity contribution in [1.29, 1.82) is 5.26 Å². The number of alkyl halides is 3. The Labute approximate surface area is 141 Å². The van der Waals surface area contributed by atoms with Gasteiger partial charge in [0.15, 0.2) is 5.78 Å². The third-order valence-electron chi connectivity index (χ3n) is 3.14. The van der Waals surface area contributed by atoms with Gasteiger partial charge in [-0.25, -0.2) is 0 Å². The number of ketones is 1. The van der Waals surface area contributed by atoms with Crippen LogP contribution in [0.4, 0.5) is 13.2 Å². The highest BCUT2D eigenvalue weighted by atomic mass is 35.5. The van der Waals surface area contributed by atoms with Gasteiger partial charge in [-0.15, -0.1) is 0 Å². The monoisotopic (exact) mass is 353 g/mol. The number of ether oxygens (including phenoxy) is 1. The Morgan fingerprint density at radius 2 is 1.96 bits per heavy atom. The predicted octanol–water partition coefficient (Wildman–Crippen LogP) is 4.86. The molecule has 0 saturated carbocycles. The molecular weight excluding hydrogens is 343 g/mol. The van der Waals surface area contributed by atoms with Crippen LogP contribution in [0.25, 0.3) is 0 Å². The second kappa shape index (κ2) is 6.93. The molecular formula is C17H11ClF3NO2. The van der Waals surface area contributed by atoms with Gasteiger partial charge in [0.25, 0.3) is 0 Å². The number of benzene rings is 2.